The van der Waals surface area contributed by atoms with Crippen LogP contribution in [0.4, 0.5) is 10.1 Å². The maximum atomic E-state index is 13.0. The molecule has 4 heteroatoms. The van der Waals surface area contributed by atoms with Gasteiger partial charge in [-0.2, -0.15) is 0 Å². The fraction of sp³-hybridized carbons (Fsp3) is 0.316. The topological polar surface area (TPSA) is 32.3 Å². The predicted octanol–water partition coefficient (Wildman–Crippen LogP) is 3.45. The van der Waals surface area contributed by atoms with Gasteiger partial charge in [-0.25, -0.2) is 4.39 Å². The minimum Gasteiger partial charge on any atom is -0.310 e. The molecule has 0 spiro atoms. The largest absolute Gasteiger partial charge is 0.310 e. The minimum absolute atomic E-state index is 0.0209. The Morgan fingerprint density at radius 1 is 1.13 bits per heavy atom. The van der Waals surface area contributed by atoms with Gasteiger partial charge < -0.3 is 4.90 Å². The molecule has 0 aliphatic carbocycles. The number of hydrogen-bond donors (Lipinski definition) is 1. The van der Waals surface area contributed by atoms with E-state index in [4.69, 9.17) is 0 Å². The molecule has 3 rings (SSSR count). The van der Waals surface area contributed by atoms with Gasteiger partial charge in [-0.05, 0) is 49.6 Å². The maximum absolute atomic E-state index is 13.0. The second-order valence-corrected chi connectivity index (χ2v) is 6.03. The van der Waals surface area contributed by atoms with Crippen LogP contribution in [0.15, 0.2) is 48.5 Å². The van der Waals surface area contributed by atoms with E-state index < -0.39 is 0 Å². The lowest BCUT2D eigenvalue weighted by molar-refractivity contribution is -0.120. The van der Waals surface area contributed by atoms with E-state index in [2.05, 4.69) is 11.4 Å². The average molecular weight is 312 g/mol. The van der Waals surface area contributed by atoms with Crippen LogP contribution in [-0.4, -0.2) is 18.5 Å². The van der Waals surface area contributed by atoms with Crippen LogP contribution in [0.1, 0.15) is 31.0 Å². The molecule has 0 unspecified atom stereocenters. The van der Waals surface area contributed by atoms with Crippen LogP contribution in [-0.2, 0) is 11.2 Å². The van der Waals surface area contributed by atoms with Crippen LogP contribution in [0.3, 0.4) is 0 Å². The Morgan fingerprint density at radius 3 is 2.57 bits per heavy atom. The zero-order valence-electron chi connectivity index (χ0n) is 13.4. The molecule has 1 aliphatic rings. The van der Waals surface area contributed by atoms with Gasteiger partial charge in [-0.15, -0.1) is 0 Å². The zero-order valence-corrected chi connectivity index (χ0v) is 13.4. The number of benzene rings is 2. The summed E-state index contributed by atoms with van der Waals surface area (Å²) in [7, 11) is 0. The Morgan fingerprint density at radius 2 is 1.83 bits per heavy atom. The number of rotatable bonds is 4. The minimum atomic E-state index is -0.304. The third kappa shape index (κ3) is 3.27. The third-order valence-electron chi connectivity index (χ3n) is 4.39. The molecular formula is C19H21FN2O. The molecule has 0 radical (unpaired) electrons. The van der Waals surface area contributed by atoms with Gasteiger partial charge in [0.25, 0.3) is 0 Å². The number of anilines is 1. The molecular weight excluding hydrogens is 291 g/mol. The van der Waals surface area contributed by atoms with Gasteiger partial charge in [-0.3, -0.25) is 10.1 Å². The summed E-state index contributed by atoms with van der Waals surface area (Å²) in [5, 5.41) is 3.31. The van der Waals surface area contributed by atoms with Crippen LogP contribution in [0.5, 0.6) is 0 Å². The molecule has 1 heterocycles. The number of fused-ring (bicyclic) bond motifs is 1. The predicted molar refractivity (Wildman–Crippen MR) is 89.9 cm³/mol. The van der Waals surface area contributed by atoms with Crippen LogP contribution < -0.4 is 10.2 Å². The first-order valence-electron chi connectivity index (χ1n) is 7.97. The van der Waals surface area contributed by atoms with Gasteiger partial charge in [0.2, 0.25) is 5.91 Å². The number of carbonyl (C=O) groups is 1. The second-order valence-electron chi connectivity index (χ2n) is 6.03. The highest BCUT2D eigenvalue weighted by Crippen LogP contribution is 2.28. The van der Waals surface area contributed by atoms with Gasteiger partial charge in [0.05, 0.1) is 6.04 Å². The van der Waals surface area contributed by atoms with Crippen LogP contribution >= 0.6 is 0 Å². The van der Waals surface area contributed by atoms with Crippen molar-refractivity contribution in [1.29, 1.82) is 0 Å². The summed E-state index contributed by atoms with van der Waals surface area (Å²) < 4.78 is 13.0. The molecule has 2 aromatic carbocycles. The molecule has 3 nitrogen and oxygen atoms in total. The molecule has 120 valence electrons. The summed E-state index contributed by atoms with van der Waals surface area (Å²) in [6.45, 7) is 4.59. The van der Waals surface area contributed by atoms with E-state index in [1.165, 1.54) is 17.7 Å². The van der Waals surface area contributed by atoms with E-state index in [1.807, 2.05) is 36.9 Å². The van der Waals surface area contributed by atoms with Crippen molar-refractivity contribution in [3.63, 3.8) is 0 Å². The molecule has 1 amide bonds. The van der Waals surface area contributed by atoms with E-state index >= 15 is 0 Å². The summed E-state index contributed by atoms with van der Waals surface area (Å²) in [5.41, 5.74) is 3.20. The van der Waals surface area contributed by atoms with E-state index in [0.29, 0.717) is 0 Å². The first-order valence-corrected chi connectivity index (χ1v) is 7.97. The Hall–Kier alpha value is -2.20. The normalized spacial score (nSPS) is 16.0. The third-order valence-corrected chi connectivity index (χ3v) is 4.39. The molecule has 2 aromatic rings. The van der Waals surface area contributed by atoms with Crippen molar-refractivity contribution < 1.29 is 9.18 Å². The molecule has 1 aliphatic heterocycles. The van der Waals surface area contributed by atoms with Crippen molar-refractivity contribution in [3.05, 3.63) is 65.5 Å². The zero-order chi connectivity index (χ0) is 16.4. The van der Waals surface area contributed by atoms with Crippen molar-refractivity contribution in [1.82, 2.24) is 5.32 Å². The van der Waals surface area contributed by atoms with E-state index in [9.17, 15) is 9.18 Å². The van der Waals surface area contributed by atoms with Gasteiger partial charge in [0.1, 0.15) is 5.82 Å². The first kappa shape index (κ1) is 15.7. The quantitative estimate of drug-likeness (QED) is 0.938. The van der Waals surface area contributed by atoms with Crippen molar-refractivity contribution in [3.8, 4) is 0 Å². The highest BCUT2D eigenvalue weighted by atomic mass is 19.1. The second kappa shape index (κ2) is 6.50. The number of hydrogen-bond acceptors (Lipinski definition) is 2. The van der Waals surface area contributed by atoms with Gasteiger partial charge >= 0.3 is 0 Å². The number of carbonyl (C=O) groups excluding carboxylic acids is 1. The summed E-state index contributed by atoms with van der Waals surface area (Å²) in [5.74, 6) is -0.178. The van der Waals surface area contributed by atoms with Crippen molar-refractivity contribution in [2.75, 3.05) is 11.4 Å². The van der Waals surface area contributed by atoms with Gasteiger partial charge in [0.15, 0.2) is 0 Å². The van der Waals surface area contributed by atoms with Gasteiger partial charge in [0, 0.05) is 18.3 Å². The Kier molecular flexibility index (Phi) is 4.44. The SMILES string of the molecule is C[C@@H](N[C@H](C)c1ccc(F)cc1)C(=O)N1CCc2ccccc21. The lowest BCUT2D eigenvalue weighted by Gasteiger charge is -2.25. The Labute approximate surface area is 136 Å². The molecule has 2 atom stereocenters. The maximum Gasteiger partial charge on any atom is 0.243 e. The van der Waals surface area contributed by atoms with Crippen molar-refractivity contribution in [2.24, 2.45) is 0 Å². The summed E-state index contributed by atoms with van der Waals surface area (Å²) in [6.07, 6.45) is 0.905. The fourth-order valence-electron chi connectivity index (χ4n) is 3.09. The van der Waals surface area contributed by atoms with E-state index in [0.717, 1.165) is 24.2 Å². The first-order chi connectivity index (χ1) is 11.1. The lowest BCUT2D eigenvalue weighted by Crippen LogP contribution is -2.45. The smallest absolute Gasteiger partial charge is 0.243 e. The summed E-state index contributed by atoms with van der Waals surface area (Å²) in [4.78, 5) is 14.6. The Balaban J connectivity index is 1.67. The highest BCUT2D eigenvalue weighted by molar-refractivity contribution is 5.98. The summed E-state index contributed by atoms with van der Waals surface area (Å²) >= 11 is 0. The van der Waals surface area contributed by atoms with Crippen LogP contribution in [0.25, 0.3) is 0 Å². The molecule has 23 heavy (non-hydrogen) atoms. The standard InChI is InChI=1S/C19H21FN2O/c1-13(15-7-9-17(20)10-8-15)21-14(2)19(23)22-12-11-16-5-3-4-6-18(16)22/h3-10,13-14,21H,11-12H2,1-2H3/t13-,14-/m1/s1. The molecule has 0 saturated carbocycles. The monoisotopic (exact) mass is 312 g/mol. The van der Waals surface area contributed by atoms with Crippen molar-refractivity contribution in [2.45, 2.75) is 32.4 Å². The molecule has 1 N–H and O–H groups in total. The number of halogens is 1. The molecule has 0 bridgehead atoms. The Bertz CT molecular complexity index is 699. The molecule has 0 saturated heterocycles. The van der Waals surface area contributed by atoms with Crippen molar-refractivity contribution >= 4 is 11.6 Å². The van der Waals surface area contributed by atoms with E-state index in [-0.39, 0.29) is 23.8 Å². The van der Waals surface area contributed by atoms with E-state index in [1.54, 1.807) is 12.1 Å². The average Bonchev–Trinajstić information content (AvgIpc) is 2.98. The number of amides is 1. The number of nitrogens with one attached hydrogen (secondary N) is 1. The van der Waals surface area contributed by atoms with Crippen LogP contribution in [0, 0.1) is 5.82 Å². The summed E-state index contributed by atoms with van der Waals surface area (Å²) in [6, 6.07) is 14.1. The highest BCUT2D eigenvalue weighted by Gasteiger charge is 2.28. The molecule has 0 aromatic heterocycles. The fourth-order valence-corrected chi connectivity index (χ4v) is 3.09. The van der Waals surface area contributed by atoms with Gasteiger partial charge in [-0.1, -0.05) is 30.3 Å². The number of para-hydroxylation sites is 1. The number of nitrogens with zero attached hydrogens (tertiary/aromatic N) is 1. The molecule has 0 fully saturated rings. The van der Waals surface area contributed by atoms with Crippen LogP contribution in [0.2, 0.25) is 0 Å². The lowest BCUT2D eigenvalue weighted by atomic mass is 10.1.